The summed E-state index contributed by atoms with van der Waals surface area (Å²) in [7, 11) is -10.8. The first-order chi connectivity index (χ1) is 14.2. The fraction of sp³-hybridized carbons (Fsp3) is 0.600. The van der Waals surface area contributed by atoms with E-state index in [4.69, 9.17) is 19.9 Å². The van der Waals surface area contributed by atoms with Crippen molar-refractivity contribution in [3.63, 3.8) is 0 Å². The molecule has 0 aromatic rings. The highest BCUT2D eigenvalue weighted by atomic mass is 32.5. The highest BCUT2D eigenvalue weighted by Gasteiger charge is 2.49. The second-order valence-corrected chi connectivity index (χ2v) is 11.9. The van der Waals surface area contributed by atoms with Crippen LogP contribution in [0.2, 0.25) is 0 Å². The molecule has 0 saturated carbocycles. The van der Waals surface area contributed by atoms with Gasteiger partial charge in [0.15, 0.2) is 17.9 Å². The number of phosphoric ester groups is 1. The molecule has 0 aromatic heterocycles. The van der Waals surface area contributed by atoms with Crippen LogP contribution in [0.15, 0.2) is 15.0 Å². The van der Waals surface area contributed by atoms with Crippen molar-refractivity contribution in [2.75, 3.05) is 13.3 Å². The van der Waals surface area contributed by atoms with Gasteiger partial charge in [0.1, 0.15) is 37.0 Å². The highest BCUT2D eigenvalue weighted by molar-refractivity contribution is 8.08. The van der Waals surface area contributed by atoms with E-state index in [1.165, 1.54) is 4.90 Å². The molecule has 0 radical (unpaired) electrons. The predicted octanol–water partition coefficient (Wildman–Crippen LogP) is -1.98. The lowest BCUT2D eigenvalue weighted by molar-refractivity contribution is -0.0680. The molecule has 0 bridgehead atoms. The summed E-state index contributed by atoms with van der Waals surface area (Å²) in [6, 6.07) is 0. The van der Waals surface area contributed by atoms with Gasteiger partial charge < -0.3 is 39.4 Å². The maximum absolute atomic E-state index is 11.9. The van der Waals surface area contributed by atoms with Gasteiger partial charge in [0.05, 0.1) is 6.61 Å². The van der Waals surface area contributed by atoms with E-state index in [0.29, 0.717) is 0 Å². The minimum atomic E-state index is -5.49. The number of nitrogens with one attached hydrogen (secondary N) is 1. The Morgan fingerprint density at radius 2 is 1.87 bits per heavy atom. The lowest BCUT2D eigenvalue weighted by Crippen LogP contribution is -2.48. The second kappa shape index (κ2) is 8.85. The molecule has 0 aromatic carbocycles. The molecule has 6 atom stereocenters. The normalized spacial score (nSPS) is 32.3. The number of aliphatic hydroxyl groups is 2. The van der Waals surface area contributed by atoms with Gasteiger partial charge in [-0.25, -0.2) is 23.4 Å². The van der Waals surface area contributed by atoms with Crippen molar-refractivity contribution < 1.29 is 56.8 Å². The lowest BCUT2D eigenvalue weighted by Gasteiger charge is -2.27. The summed E-state index contributed by atoms with van der Waals surface area (Å²) in [5.74, 6) is 0.00170. The van der Waals surface area contributed by atoms with Crippen LogP contribution in [0.4, 0.5) is 0 Å². The molecule has 3 aliphatic heterocycles. The van der Waals surface area contributed by atoms with Crippen LogP contribution in [0.25, 0.3) is 0 Å². The molecule has 21 heteroatoms. The van der Waals surface area contributed by atoms with E-state index in [2.05, 4.69) is 39.9 Å². The number of hydrogen-bond donors (Lipinski definition) is 7. The molecular weight excluding hydrogens is 507 g/mol. The molecule has 0 amide bonds. The van der Waals surface area contributed by atoms with Crippen molar-refractivity contribution >= 4 is 57.9 Å². The maximum atomic E-state index is 11.9. The van der Waals surface area contributed by atoms with Crippen LogP contribution in [0.3, 0.4) is 0 Å². The van der Waals surface area contributed by atoms with Crippen LogP contribution in [-0.2, 0) is 38.8 Å². The van der Waals surface area contributed by atoms with Gasteiger partial charge in [0, 0.05) is 0 Å². The molecule has 31 heavy (non-hydrogen) atoms. The number of phosphoric acid groups is 2. The minimum absolute atomic E-state index is 0.0805. The van der Waals surface area contributed by atoms with Crippen molar-refractivity contribution in [2.24, 2.45) is 15.0 Å². The van der Waals surface area contributed by atoms with Crippen LogP contribution in [0.1, 0.15) is 0 Å². The number of aliphatic hydroxyl groups excluding tert-OH is 2. The van der Waals surface area contributed by atoms with Gasteiger partial charge in [0.2, 0.25) is 0 Å². The fourth-order valence-corrected chi connectivity index (χ4v) is 6.52. The van der Waals surface area contributed by atoms with E-state index in [1.54, 1.807) is 0 Å². The fourth-order valence-electron chi connectivity index (χ4n) is 2.74. The van der Waals surface area contributed by atoms with Crippen LogP contribution >= 0.6 is 22.4 Å². The summed E-state index contributed by atoms with van der Waals surface area (Å²) >= 11 is 3.97. The van der Waals surface area contributed by atoms with Gasteiger partial charge in [0.25, 0.3) is 0 Å². The Morgan fingerprint density at radius 1 is 1.19 bits per heavy atom. The first kappa shape index (κ1) is 24.8. The van der Waals surface area contributed by atoms with E-state index in [0.717, 1.165) is 6.34 Å². The van der Waals surface area contributed by atoms with Crippen LogP contribution in [-0.4, -0.2) is 96.2 Å². The third kappa shape index (κ3) is 5.96. The maximum Gasteiger partial charge on any atom is 0.488 e. The van der Waals surface area contributed by atoms with Crippen molar-refractivity contribution in [1.82, 2.24) is 4.90 Å². The monoisotopic (exact) mass is 523 g/mol. The summed E-state index contributed by atoms with van der Waals surface area (Å²) in [6.45, 7) is -5.69. The molecule has 7 N–H and O–H groups in total. The Morgan fingerprint density at radius 3 is 2.52 bits per heavy atom. The van der Waals surface area contributed by atoms with Crippen LogP contribution in [0.5, 0.6) is 0 Å². The van der Waals surface area contributed by atoms with Crippen LogP contribution in [0, 0.1) is 5.41 Å². The summed E-state index contributed by atoms with van der Waals surface area (Å²) in [6.07, 6.45) is -4.74. The number of fused-ring (bicyclic) bond motifs is 1. The van der Waals surface area contributed by atoms with Gasteiger partial charge in [-0.1, -0.05) is 0 Å². The average molecular weight is 523 g/mol. The summed E-state index contributed by atoms with van der Waals surface area (Å²) in [4.78, 5) is 49.5. The summed E-state index contributed by atoms with van der Waals surface area (Å²) in [5.41, 5.74) is 0.146. The quantitative estimate of drug-likeness (QED) is 0.170. The number of rotatable bonds is 8. The van der Waals surface area contributed by atoms with Crippen LogP contribution < -0.4 is 0 Å². The molecule has 3 aliphatic rings. The van der Waals surface area contributed by atoms with Gasteiger partial charge in [-0.15, -0.1) is 0 Å². The van der Waals surface area contributed by atoms with Crippen molar-refractivity contribution in [3.05, 3.63) is 0 Å². The molecule has 174 valence electrons. The first-order valence-electron chi connectivity index (χ1n) is 8.00. The van der Waals surface area contributed by atoms with E-state index < -0.39 is 53.5 Å². The zero-order valence-corrected chi connectivity index (χ0v) is 18.5. The van der Waals surface area contributed by atoms with E-state index in [9.17, 15) is 29.1 Å². The first-order valence-corrected chi connectivity index (χ1v) is 13.6. The van der Waals surface area contributed by atoms with E-state index in [1.807, 2.05) is 0 Å². The molecule has 17 nitrogen and oxygen atoms in total. The highest BCUT2D eigenvalue weighted by Crippen LogP contribution is 2.66. The zero-order chi connectivity index (χ0) is 23.2. The van der Waals surface area contributed by atoms with Crippen molar-refractivity contribution in [3.8, 4) is 0 Å². The number of nitrogens with zero attached hydrogens (tertiary/aromatic N) is 4. The number of hydrogen-bond acceptors (Lipinski definition) is 13. The zero-order valence-electron chi connectivity index (χ0n) is 15.0. The number of amidine groups is 2. The van der Waals surface area contributed by atoms with Gasteiger partial charge in [-0.3, -0.25) is 14.9 Å². The Bertz CT molecular complexity index is 997. The topological polar surface area (TPSA) is 257 Å². The van der Waals surface area contributed by atoms with Gasteiger partial charge in [-0.2, -0.15) is 4.31 Å². The summed E-state index contributed by atoms with van der Waals surface area (Å²) < 4.78 is 40.9. The molecular formula is C10H16N5O12P3S. The molecule has 1 fully saturated rings. The van der Waals surface area contributed by atoms with Crippen molar-refractivity contribution in [2.45, 2.75) is 24.5 Å². The molecule has 3 heterocycles. The SMILES string of the molecule is N=C1N=CN=C2C1=NCN2[C@@H]1O[C@H](COP(=O)(O)OP(=O)(O)OP(O)(O)=S)[C@@H](O)[C@H]1O. The molecule has 2 unspecified atom stereocenters. The van der Waals surface area contributed by atoms with E-state index >= 15 is 0 Å². The second-order valence-electron chi connectivity index (χ2n) is 6.10. The van der Waals surface area contributed by atoms with Gasteiger partial charge >= 0.3 is 22.4 Å². The number of ether oxygens (including phenoxy) is 1. The molecule has 3 rings (SSSR count). The molecule has 0 aliphatic carbocycles. The average Bonchev–Trinajstić information content (AvgIpc) is 3.13. The molecule has 0 spiro atoms. The lowest BCUT2D eigenvalue weighted by atomic mass is 10.1. The minimum Gasteiger partial charge on any atom is -0.387 e. The standard InChI is InChI=1S/C10H16N5O12P3S/c11-8-5-9(13-2-12-8)15(3-14-5)10-7(17)6(16)4(25-10)1-24-28(18,19)26-29(20,21)27-30(22,23)31/h2,4,6-7,10-11,16-17H,1,3H2,(H,18,19)(H,20,21)(H2,22,23,31)/t4-,6-,7-,10-/m1/s1. The largest absolute Gasteiger partial charge is 0.488 e. The van der Waals surface area contributed by atoms with Crippen molar-refractivity contribution in [1.29, 1.82) is 5.41 Å². The van der Waals surface area contributed by atoms with E-state index in [-0.39, 0.29) is 24.1 Å². The Labute approximate surface area is 178 Å². The smallest absolute Gasteiger partial charge is 0.387 e. The predicted molar refractivity (Wildman–Crippen MR) is 105 cm³/mol. The Hall–Kier alpha value is -0.810. The Kier molecular flexibility index (Phi) is 7.09. The van der Waals surface area contributed by atoms with Gasteiger partial charge in [-0.05, 0) is 11.8 Å². The summed E-state index contributed by atoms with van der Waals surface area (Å²) in [5, 5.41) is 28.2. The Balaban J connectivity index is 1.62. The third-order valence-electron chi connectivity index (χ3n) is 3.92. The number of aliphatic imine (C=N–C) groups is 3. The molecule has 1 saturated heterocycles. The third-order valence-corrected chi connectivity index (χ3v) is 8.32.